The van der Waals surface area contributed by atoms with Gasteiger partial charge in [0.2, 0.25) is 0 Å². The van der Waals surface area contributed by atoms with Gasteiger partial charge in [-0.3, -0.25) is 0 Å². The van der Waals surface area contributed by atoms with Crippen molar-refractivity contribution in [2.24, 2.45) is 0 Å². The van der Waals surface area contributed by atoms with E-state index in [-0.39, 0.29) is 5.41 Å². The Bertz CT molecular complexity index is 563. The standard InChI is InChI=1S/C18H24N2/c1-13-8-10-15(11-9-13)18(3,4)12-20-17-14(2)6-5-7-16(17)19/h5-11,20H,12,19H2,1-4H3. The third-order valence-electron chi connectivity index (χ3n) is 3.85. The molecule has 2 rings (SSSR count). The van der Waals surface area contributed by atoms with E-state index in [1.54, 1.807) is 0 Å². The zero-order chi connectivity index (χ0) is 14.8. The molecule has 3 N–H and O–H groups in total. The van der Waals surface area contributed by atoms with E-state index in [9.17, 15) is 0 Å². The van der Waals surface area contributed by atoms with Gasteiger partial charge >= 0.3 is 0 Å². The molecule has 0 radical (unpaired) electrons. The van der Waals surface area contributed by atoms with Gasteiger partial charge in [0.15, 0.2) is 0 Å². The molecule has 2 aromatic rings. The maximum atomic E-state index is 6.05. The van der Waals surface area contributed by atoms with Gasteiger partial charge in [-0.15, -0.1) is 0 Å². The molecule has 0 amide bonds. The van der Waals surface area contributed by atoms with E-state index in [2.05, 4.69) is 63.3 Å². The Morgan fingerprint density at radius 3 is 2.25 bits per heavy atom. The highest BCUT2D eigenvalue weighted by atomic mass is 14.9. The number of nitrogens with two attached hydrogens (primary N) is 1. The first-order valence-corrected chi connectivity index (χ1v) is 7.06. The summed E-state index contributed by atoms with van der Waals surface area (Å²) in [6, 6.07) is 14.8. The van der Waals surface area contributed by atoms with E-state index in [1.807, 2.05) is 12.1 Å². The number of nitrogens with one attached hydrogen (secondary N) is 1. The van der Waals surface area contributed by atoms with E-state index in [4.69, 9.17) is 5.73 Å². The minimum absolute atomic E-state index is 0.0580. The smallest absolute Gasteiger partial charge is 0.0603 e. The fourth-order valence-corrected chi connectivity index (χ4v) is 2.35. The monoisotopic (exact) mass is 268 g/mol. The molecule has 2 nitrogen and oxygen atoms in total. The van der Waals surface area contributed by atoms with Crippen LogP contribution in [0.15, 0.2) is 42.5 Å². The highest BCUT2D eigenvalue weighted by molar-refractivity contribution is 5.70. The Kier molecular flexibility index (Phi) is 4.03. The first-order chi connectivity index (χ1) is 9.40. The van der Waals surface area contributed by atoms with E-state index in [1.165, 1.54) is 16.7 Å². The lowest BCUT2D eigenvalue weighted by atomic mass is 9.84. The fourth-order valence-electron chi connectivity index (χ4n) is 2.35. The Morgan fingerprint density at radius 2 is 1.65 bits per heavy atom. The van der Waals surface area contributed by atoms with Crippen molar-refractivity contribution >= 4 is 11.4 Å². The van der Waals surface area contributed by atoms with Crippen LogP contribution in [0.2, 0.25) is 0 Å². The number of anilines is 2. The molecule has 106 valence electrons. The van der Waals surface area contributed by atoms with Crippen molar-refractivity contribution < 1.29 is 0 Å². The average Bonchev–Trinajstić information content (AvgIpc) is 2.38. The Balaban J connectivity index is 2.15. The molecule has 20 heavy (non-hydrogen) atoms. The molecule has 0 spiro atoms. The summed E-state index contributed by atoms with van der Waals surface area (Å²) in [7, 11) is 0. The van der Waals surface area contributed by atoms with Gasteiger partial charge in [-0.1, -0.05) is 55.8 Å². The van der Waals surface area contributed by atoms with E-state index < -0.39 is 0 Å². The molecule has 2 aromatic carbocycles. The molecule has 0 heterocycles. The largest absolute Gasteiger partial charge is 0.397 e. The summed E-state index contributed by atoms with van der Waals surface area (Å²) in [5.41, 5.74) is 11.8. The van der Waals surface area contributed by atoms with Crippen molar-refractivity contribution in [1.82, 2.24) is 0 Å². The van der Waals surface area contributed by atoms with Crippen molar-refractivity contribution in [3.8, 4) is 0 Å². The number of aryl methyl sites for hydroxylation is 2. The minimum atomic E-state index is 0.0580. The number of hydrogen-bond donors (Lipinski definition) is 2. The van der Waals surface area contributed by atoms with E-state index in [0.717, 1.165) is 17.9 Å². The summed E-state index contributed by atoms with van der Waals surface area (Å²) in [6.07, 6.45) is 0. The normalized spacial score (nSPS) is 11.4. The van der Waals surface area contributed by atoms with Crippen LogP contribution in [-0.2, 0) is 5.41 Å². The summed E-state index contributed by atoms with van der Waals surface area (Å²) in [6.45, 7) is 9.55. The molecule has 0 unspecified atom stereocenters. The van der Waals surface area contributed by atoms with E-state index in [0.29, 0.717) is 0 Å². The maximum absolute atomic E-state index is 6.05. The SMILES string of the molecule is Cc1ccc(C(C)(C)CNc2c(C)cccc2N)cc1. The quantitative estimate of drug-likeness (QED) is 0.812. The lowest BCUT2D eigenvalue weighted by Crippen LogP contribution is -2.28. The first-order valence-electron chi connectivity index (χ1n) is 7.06. The van der Waals surface area contributed by atoms with Crippen LogP contribution in [0.4, 0.5) is 11.4 Å². The first kappa shape index (κ1) is 14.4. The molecule has 0 saturated carbocycles. The van der Waals surface area contributed by atoms with Crippen molar-refractivity contribution in [2.75, 3.05) is 17.6 Å². The number of hydrogen-bond acceptors (Lipinski definition) is 2. The van der Waals surface area contributed by atoms with Crippen LogP contribution >= 0.6 is 0 Å². The molecule has 0 bridgehead atoms. The van der Waals surface area contributed by atoms with Crippen molar-refractivity contribution in [1.29, 1.82) is 0 Å². The number of para-hydroxylation sites is 1. The second-order valence-electron chi connectivity index (χ2n) is 6.14. The molecular weight excluding hydrogens is 244 g/mol. The molecular formula is C18H24N2. The topological polar surface area (TPSA) is 38.0 Å². The molecule has 0 aliphatic rings. The molecule has 0 aliphatic heterocycles. The van der Waals surface area contributed by atoms with Crippen molar-refractivity contribution in [3.05, 3.63) is 59.2 Å². The van der Waals surface area contributed by atoms with Gasteiger partial charge in [-0.2, -0.15) is 0 Å². The summed E-state index contributed by atoms with van der Waals surface area (Å²) in [5, 5.41) is 3.51. The predicted octanol–water partition coefficient (Wildman–Crippen LogP) is 4.28. The van der Waals surface area contributed by atoms with Gasteiger partial charge in [0.05, 0.1) is 11.4 Å². The average molecular weight is 268 g/mol. The summed E-state index contributed by atoms with van der Waals surface area (Å²) in [4.78, 5) is 0. The van der Waals surface area contributed by atoms with Gasteiger partial charge in [-0.05, 0) is 31.0 Å². The van der Waals surface area contributed by atoms with Gasteiger partial charge in [0.25, 0.3) is 0 Å². The number of rotatable bonds is 4. The number of nitrogen functional groups attached to an aromatic ring is 1. The molecule has 0 saturated heterocycles. The van der Waals surface area contributed by atoms with Crippen LogP contribution in [0.5, 0.6) is 0 Å². The minimum Gasteiger partial charge on any atom is -0.397 e. The summed E-state index contributed by atoms with van der Waals surface area (Å²) in [5.74, 6) is 0. The van der Waals surface area contributed by atoms with Crippen LogP contribution in [0, 0.1) is 13.8 Å². The second-order valence-corrected chi connectivity index (χ2v) is 6.14. The third-order valence-corrected chi connectivity index (χ3v) is 3.85. The Labute approximate surface area is 122 Å². The highest BCUT2D eigenvalue weighted by Gasteiger charge is 2.20. The van der Waals surface area contributed by atoms with Crippen LogP contribution in [0.1, 0.15) is 30.5 Å². The number of benzene rings is 2. The molecule has 2 heteroatoms. The van der Waals surface area contributed by atoms with Crippen molar-refractivity contribution in [3.63, 3.8) is 0 Å². The zero-order valence-corrected chi connectivity index (χ0v) is 12.8. The molecule has 0 atom stereocenters. The second kappa shape index (κ2) is 5.58. The van der Waals surface area contributed by atoms with E-state index >= 15 is 0 Å². The molecule has 0 fully saturated rings. The fraction of sp³-hybridized carbons (Fsp3) is 0.333. The van der Waals surface area contributed by atoms with Gasteiger partial charge in [0, 0.05) is 12.0 Å². The van der Waals surface area contributed by atoms with Crippen LogP contribution in [0.3, 0.4) is 0 Å². The third kappa shape index (κ3) is 3.13. The van der Waals surface area contributed by atoms with Crippen molar-refractivity contribution in [2.45, 2.75) is 33.1 Å². The lowest BCUT2D eigenvalue weighted by Gasteiger charge is -2.27. The Hall–Kier alpha value is -1.96. The van der Waals surface area contributed by atoms with Gasteiger partial charge in [0.1, 0.15) is 0 Å². The van der Waals surface area contributed by atoms with Crippen LogP contribution in [0.25, 0.3) is 0 Å². The molecule has 0 aromatic heterocycles. The van der Waals surface area contributed by atoms with Gasteiger partial charge < -0.3 is 11.1 Å². The van der Waals surface area contributed by atoms with Crippen LogP contribution < -0.4 is 11.1 Å². The summed E-state index contributed by atoms with van der Waals surface area (Å²) < 4.78 is 0. The summed E-state index contributed by atoms with van der Waals surface area (Å²) >= 11 is 0. The predicted molar refractivity (Wildman–Crippen MR) is 88.3 cm³/mol. The zero-order valence-electron chi connectivity index (χ0n) is 12.8. The van der Waals surface area contributed by atoms with Crippen LogP contribution in [-0.4, -0.2) is 6.54 Å². The Morgan fingerprint density at radius 1 is 1.00 bits per heavy atom. The van der Waals surface area contributed by atoms with Gasteiger partial charge in [-0.25, -0.2) is 0 Å². The lowest BCUT2D eigenvalue weighted by molar-refractivity contribution is 0.557. The highest BCUT2D eigenvalue weighted by Crippen LogP contribution is 2.27. The molecule has 0 aliphatic carbocycles. The maximum Gasteiger partial charge on any atom is 0.0603 e.